The molecule has 1 aromatic carbocycles. The third-order valence-electron chi connectivity index (χ3n) is 3.12. The number of hydrogen-bond acceptors (Lipinski definition) is 3. The van der Waals surface area contributed by atoms with E-state index in [-0.39, 0.29) is 0 Å². The molecule has 17 heavy (non-hydrogen) atoms. The quantitative estimate of drug-likeness (QED) is 0.801. The molecular formula is C14H22N2S. The third-order valence-corrected chi connectivity index (χ3v) is 3.78. The van der Waals surface area contributed by atoms with Crippen LogP contribution < -0.4 is 4.72 Å². The van der Waals surface area contributed by atoms with Gasteiger partial charge < -0.3 is 4.72 Å². The van der Waals surface area contributed by atoms with E-state index in [1.807, 2.05) is 0 Å². The fourth-order valence-electron chi connectivity index (χ4n) is 2.26. The van der Waals surface area contributed by atoms with Gasteiger partial charge in [0.15, 0.2) is 0 Å². The summed E-state index contributed by atoms with van der Waals surface area (Å²) < 4.78 is 3.37. The van der Waals surface area contributed by atoms with Crippen LogP contribution in [0.3, 0.4) is 0 Å². The topological polar surface area (TPSA) is 15.3 Å². The number of rotatable bonds is 5. The molecule has 1 saturated heterocycles. The molecule has 0 saturated carbocycles. The fourth-order valence-corrected chi connectivity index (χ4v) is 2.70. The van der Waals surface area contributed by atoms with Crippen molar-refractivity contribution in [1.29, 1.82) is 0 Å². The average Bonchev–Trinajstić information content (AvgIpc) is 2.38. The van der Waals surface area contributed by atoms with Crippen molar-refractivity contribution in [3.8, 4) is 0 Å². The molecule has 0 bridgehead atoms. The molecule has 1 fully saturated rings. The summed E-state index contributed by atoms with van der Waals surface area (Å²) in [4.78, 5) is 2.57. The maximum atomic E-state index is 3.37. The SMILES string of the molecule is CCSNc1cccc(CN2CCCCC2)c1. The van der Waals surface area contributed by atoms with E-state index in [0.717, 1.165) is 12.3 Å². The highest BCUT2D eigenvalue weighted by atomic mass is 32.2. The first-order valence-corrected chi connectivity index (χ1v) is 7.56. The second-order valence-electron chi connectivity index (χ2n) is 4.57. The Morgan fingerprint density at radius 1 is 1.24 bits per heavy atom. The van der Waals surface area contributed by atoms with Gasteiger partial charge in [-0.2, -0.15) is 0 Å². The molecule has 2 rings (SSSR count). The van der Waals surface area contributed by atoms with Crippen molar-refractivity contribution in [3.05, 3.63) is 29.8 Å². The highest BCUT2D eigenvalue weighted by molar-refractivity contribution is 8.00. The summed E-state index contributed by atoms with van der Waals surface area (Å²) in [6, 6.07) is 8.80. The van der Waals surface area contributed by atoms with Gasteiger partial charge in [0.1, 0.15) is 0 Å². The number of benzene rings is 1. The Bertz CT molecular complexity index is 335. The predicted octanol–water partition coefficient (Wildman–Crippen LogP) is 3.75. The Labute approximate surface area is 109 Å². The van der Waals surface area contributed by atoms with Crippen molar-refractivity contribution < 1.29 is 0 Å². The van der Waals surface area contributed by atoms with Crippen molar-refractivity contribution >= 4 is 17.6 Å². The molecule has 1 aliphatic rings. The molecule has 0 aromatic heterocycles. The smallest absolute Gasteiger partial charge is 0.0443 e. The number of nitrogens with zero attached hydrogens (tertiary/aromatic N) is 1. The number of nitrogens with one attached hydrogen (secondary N) is 1. The number of hydrogen-bond donors (Lipinski definition) is 1. The van der Waals surface area contributed by atoms with Crippen molar-refractivity contribution in [3.63, 3.8) is 0 Å². The summed E-state index contributed by atoms with van der Waals surface area (Å²) in [5.41, 5.74) is 2.65. The maximum absolute atomic E-state index is 3.37. The van der Waals surface area contributed by atoms with Gasteiger partial charge in [-0.05, 0) is 43.6 Å². The van der Waals surface area contributed by atoms with Crippen molar-refractivity contribution in [2.75, 3.05) is 23.6 Å². The van der Waals surface area contributed by atoms with Gasteiger partial charge in [-0.1, -0.05) is 37.4 Å². The Morgan fingerprint density at radius 2 is 2.06 bits per heavy atom. The molecule has 0 spiro atoms. The lowest BCUT2D eigenvalue weighted by molar-refractivity contribution is 0.221. The van der Waals surface area contributed by atoms with E-state index in [2.05, 4.69) is 40.8 Å². The van der Waals surface area contributed by atoms with Crippen LogP contribution in [0.4, 0.5) is 5.69 Å². The van der Waals surface area contributed by atoms with E-state index in [4.69, 9.17) is 0 Å². The van der Waals surface area contributed by atoms with Gasteiger partial charge in [0.05, 0.1) is 0 Å². The summed E-state index contributed by atoms with van der Waals surface area (Å²) in [6.45, 7) is 5.80. The zero-order chi connectivity index (χ0) is 11.9. The van der Waals surface area contributed by atoms with Gasteiger partial charge in [-0.25, -0.2) is 0 Å². The number of anilines is 1. The van der Waals surface area contributed by atoms with Gasteiger partial charge in [0.2, 0.25) is 0 Å². The maximum Gasteiger partial charge on any atom is 0.0443 e. The summed E-state index contributed by atoms with van der Waals surface area (Å²) in [7, 11) is 0. The van der Waals surface area contributed by atoms with Crippen LogP contribution in [0.2, 0.25) is 0 Å². The van der Waals surface area contributed by atoms with Gasteiger partial charge in [-0.15, -0.1) is 0 Å². The van der Waals surface area contributed by atoms with Crippen molar-refractivity contribution in [1.82, 2.24) is 4.90 Å². The van der Waals surface area contributed by atoms with Gasteiger partial charge in [0, 0.05) is 18.0 Å². The van der Waals surface area contributed by atoms with Crippen molar-refractivity contribution in [2.45, 2.75) is 32.7 Å². The molecule has 1 aliphatic heterocycles. The lowest BCUT2D eigenvalue weighted by Gasteiger charge is -2.26. The predicted molar refractivity (Wildman–Crippen MR) is 77.3 cm³/mol. The van der Waals surface area contributed by atoms with E-state index in [0.29, 0.717) is 0 Å². The molecule has 94 valence electrons. The Morgan fingerprint density at radius 3 is 2.82 bits per heavy atom. The fraction of sp³-hybridized carbons (Fsp3) is 0.571. The largest absolute Gasteiger partial charge is 0.330 e. The average molecular weight is 250 g/mol. The lowest BCUT2D eigenvalue weighted by Crippen LogP contribution is -2.29. The van der Waals surface area contributed by atoms with Crippen molar-refractivity contribution in [2.24, 2.45) is 0 Å². The van der Waals surface area contributed by atoms with Crippen LogP contribution in [-0.2, 0) is 6.54 Å². The van der Waals surface area contributed by atoms with E-state index < -0.39 is 0 Å². The molecule has 0 aliphatic carbocycles. The first-order valence-electron chi connectivity index (χ1n) is 6.57. The van der Waals surface area contributed by atoms with E-state index in [9.17, 15) is 0 Å². The van der Waals surface area contributed by atoms with Crippen LogP contribution >= 0.6 is 11.9 Å². The number of likely N-dealkylation sites (tertiary alicyclic amines) is 1. The van der Waals surface area contributed by atoms with Crippen LogP contribution in [0.5, 0.6) is 0 Å². The Balaban J connectivity index is 1.90. The second kappa shape index (κ2) is 6.92. The summed E-state index contributed by atoms with van der Waals surface area (Å²) in [5.74, 6) is 1.09. The molecule has 3 heteroatoms. The molecule has 0 amide bonds. The molecule has 2 nitrogen and oxygen atoms in total. The minimum Gasteiger partial charge on any atom is -0.330 e. The lowest BCUT2D eigenvalue weighted by atomic mass is 10.1. The minimum absolute atomic E-state index is 1.09. The van der Waals surface area contributed by atoms with Gasteiger partial charge in [-0.3, -0.25) is 4.90 Å². The zero-order valence-electron chi connectivity index (χ0n) is 10.6. The zero-order valence-corrected chi connectivity index (χ0v) is 11.4. The molecule has 0 unspecified atom stereocenters. The normalized spacial score (nSPS) is 17.0. The second-order valence-corrected chi connectivity index (χ2v) is 5.64. The third kappa shape index (κ3) is 4.25. The standard InChI is InChI=1S/C14H22N2S/c1-2-17-15-14-8-6-7-13(11-14)12-16-9-4-3-5-10-16/h6-8,11,15H,2-5,9-10,12H2,1H3. The van der Waals surface area contributed by atoms with Gasteiger partial charge in [0.25, 0.3) is 0 Å². The molecular weight excluding hydrogens is 228 g/mol. The molecule has 0 atom stereocenters. The first-order chi connectivity index (χ1) is 8.38. The van der Waals surface area contributed by atoms with Crippen LogP contribution in [0.25, 0.3) is 0 Å². The first kappa shape index (κ1) is 12.8. The van der Waals surface area contributed by atoms with Crippen LogP contribution in [-0.4, -0.2) is 23.7 Å². The molecule has 1 heterocycles. The number of piperidine rings is 1. The highest BCUT2D eigenvalue weighted by Gasteiger charge is 2.10. The van der Waals surface area contributed by atoms with E-state index in [1.165, 1.54) is 43.6 Å². The highest BCUT2D eigenvalue weighted by Crippen LogP contribution is 2.18. The summed E-state index contributed by atoms with van der Waals surface area (Å²) in [5, 5.41) is 0. The summed E-state index contributed by atoms with van der Waals surface area (Å²) >= 11 is 1.75. The Kier molecular flexibility index (Phi) is 5.20. The molecule has 0 radical (unpaired) electrons. The molecule has 1 N–H and O–H groups in total. The molecule has 1 aromatic rings. The van der Waals surface area contributed by atoms with Crippen LogP contribution in [0, 0.1) is 0 Å². The van der Waals surface area contributed by atoms with E-state index >= 15 is 0 Å². The Hall–Kier alpha value is -0.670. The van der Waals surface area contributed by atoms with Gasteiger partial charge >= 0.3 is 0 Å². The van der Waals surface area contributed by atoms with Crippen LogP contribution in [0.1, 0.15) is 31.7 Å². The van der Waals surface area contributed by atoms with Crippen LogP contribution in [0.15, 0.2) is 24.3 Å². The monoisotopic (exact) mass is 250 g/mol. The van der Waals surface area contributed by atoms with E-state index in [1.54, 1.807) is 11.9 Å². The minimum atomic E-state index is 1.09. The summed E-state index contributed by atoms with van der Waals surface area (Å²) in [6.07, 6.45) is 4.14.